The minimum absolute atomic E-state index is 0.0863. The average molecular weight is 583 g/mol. The molecule has 8 fully saturated rings. The van der Waals surface area contributed by atoms with Crippen LogP contribution in [0.5, 0.6) is 0 Å². The molecule has 17 atom stereocenters. The van der Waals surface area contributed by atoms with Crippen molar-refractivity contribution in [1.82, 2.24) is 0 Å². The largest absolute Gasteiger partial charge is 0.393 e. The van der Waals surface area contributed by atoms with Crippen molar-refractivity contribution in [1.29, 1.82) is 0 Å². The highest BCUT2D eigenvalue weighted by Crippen LogP contribution is 2.77. The lowest BCUT2D eigenvalue weighted by atomic mass is 9.32. The summed E-state index contributed by atoms with van der Waals surface area (Å²) in [4.78, 5) is 0. The van der Waals surface area contributed by atoms with Crippen LogP contribution in [0.15, 0.2) is 0 Å². The maximum Gasteiger partial charge on any atom is 0.0596 e. The molecule has 0 bridgehead atoms. The van der Waals surface area contributed by atoms with Gasteiger partial charge in [-0.15, -0.1) is 0 Å². The molecule has 4 nitrogen and oxygen atoms in total. The van der Waals surface area contributed by atoms with Gasteiger partial charge in [-0.1, -0.05) is 27.7 Å². The fraction of sp³-hybridized carbons (Fsp3) is 1.00. The number of aliphatic hydroxyl groups excluding tert-OH is 4. The van der Waals surface area contributed by atoms with Crippen LogP contribution in [0.4, 0.5) is 0 Å². The van der Waals surface area contributed by atoms with Gasteiger partial charge in [-0.05, 0) is 184 Å². The Labute approximate surface area is 255 Å². The second-order valence-electron chi connectivity index (χ2n) is 18.9. The Morgan fingerprint density at radius 2 is 1.12 bits per heavy atom. The number of hydrogen-bond donors (Lipinski definition) is 4. The topological polar surface area (TPSA) is 80.9 Å². The van der Waals surface area contributed by atoms with Crippen molar-refractivity contribution < 1.29 is 20.4 Å². The summed E-state index contributed by atoms with van der Waals surface area (Å²) in [6.45, 7) is 10.2. The molecule has 8 rings (SSSR count). The van der Waals surface area contributed by atoms with Crippen LogP contribution in [0.1, 0.15) is 137 Å². The maximum atomic E-state index is 11.6. The van der Waals surface area contributed by atoms with Crippen molar-refractivity contribution in [2.24, 2.45) is 74.4 Å². The quantitative estimate of drug-likeness (QED) is 0.266. The van der Waals surface area contributed by atoms with Crippen LogP contribution in [-0.4, -0.2) is 44.8 Å². The van der Waals surface area contributed by atoms with E-state index >= 15 is 0 Å². The van der Waals surface area contributed by atoms with Gasteiger partial charge in [0.05, 0.1) is 24.4 Å². The van der Waals surface area contributed by atoms with Gasteiger partial charge in [0.25, 0.3) is 0 Å². The van der Waals surface area contributed by atoms with Crippen LogP contribution in [0.2, 0.25) is 0 Å². The summed E-state index contributed by atoms with van der Waals surface area (Å²) in [5, 5.41) is 45.3. The average Bonchev–Trinajstić information content (AvgIpc) is 3.43. The number of aliphatic hydroxyl groups is 4. The molecule has 0 radical (unpaired) electrons. The van der Waals surface area contributed by atoms with Gasteiger partial charge in [-0.2, -0.15) is 0 Å². The van der Waals surface area contributed by atoms with Gasteiger partial charge < -0.3 is 20.4 Å². The van der Waals surface area contributed by atoms with Crippen LogP contribution < -0.4 is 0 Å². The lowest BCUT2D eigenvalue weighted by Crippen LogP contribution is -2.68. The third-order valence-electron chi connectivity index (χ3n) is 18.3. The van der Waals surface area contributed by atoms with Crippen molar-refractivity contribution >= 4 is 0 Å². The van der Waals surface area contributed by atoms with Crippen molar-refractivity contribution in [3.63, 3.8) is 0 Å². The molecular formula is C38H62O4. The normalized spacial score (nSPS) is 64.0. The van der Waals surface area contributed by atoms with Crippen LogP contribution in [0.25, 0.3) is 0 Å². The van der Waals surface area contributed by atoms with Crippen molar-refractivity contribution in [2.75, 3.05) is 0 Å². The highest BCUT2D eigenvalue weighted by molar-refractivity contribution is 5.20. The first-order valence-corrected chi connectivity index (χ1v) is 18.6. The Morgan fingerprint density at radius 3 is 1.79 bits per heavy atom. The van der Waals surface area contributed by atoms with Crippen LogP contribution in [0.3, 0.4) is 0 Å². The van der Waals surface area contributed by atoms with E-state index in [-0.39, 0.29) is 51.5 Å². The second kappa shape index (κ2) is 9.45. The molecule has 0 aromatic rings. The number of hydrogen-bond acceptors (Lipinski definition) is 4. The monoisotopic (exact) mass is 582 g/mol. The zero-order valence-electron chi connectivity index (χ0n) is 27.2. The SMILES string of the molecule is C[C@]12C(CC[C@@H]3[C@H]1CC[C@]1(C)C(O)CC[C@@H]31)CC(O)CC2C12CC[C@@H]3[C@@H](CC[C@]4(C)C(O)CC[C@@H]34)[C@@]1(C)CCC(O)C2. The summed E-state index contributed by atoms with van der Waals surface area (Å²) in [7, 11) is 0. The Bertz CT molecular complexity index is 1080. The molecule has 0 amide bonds. The van der Waals surface area contributed by atoms with Crippen molar-refractivity contribution in [3.05, 3.63) is 0 Å². The standard InChI is InChI=1S/C38H62O4/c1-34-15-13-29-26(28(34)8-10-32(34)41)12-18-38(21-23(39)11-17-36(29,38)3)31-20-24(40)19-22-5-6-25-27-7-9-33(42)35(27,2)16-14-30(25)37(22,31)4/h22-33,39-42H,5-21H2,1-4H3/t22?,23?,24?,25-,26-,27-,28-,29+,30+,31?,32?,33?,34-,35-,36+,37-,38?/m0/s1. The fourth-order valence-electron chi connectivity index (χ4n) is 16.1. The molecule has 8 aliphatic rings. The third kappa shape index (κ3) is 3.51. The molecule has 8 aliphatic carbocycles. The van der Waals surface area contributed by atoms with Crippen LogP contribution in [-0.2, 0) is 0 Å². The van der Waals surface area contributed by atoms with E-state index in [2.05, 4.69) is 27.7 Å². The first kappa shape index (κ1) is 29.3. The van der Waals surface area contributed by atoms with Gasteiger partial charge in [-0.25, -0.2) is 0 Å². The van der Waals surface area contributed by atoms with Crippen LogP contribution in [0, 0.1) is 74.4 Å². The number of fused-ring (bicyclic) bond motifs is 10. The van der Waals surface area contributed by atoms with Gasteiger partial charge in [0.1, 0.15) is 0 Å². The van der Waals surface area contributed by atoms with Gasteiger partial charge in [-0.3, -0.25) is 0 Å². The van der Waals surface area contributed by atoms with Crippen molar-refractivity contribution in [2.45, 2.75) is 161 Å². The highest BCUT2D eigenvalue weighted by Gasteiger charge is 2.71. The molecule has 0 spiro atoms. The lowest BCUT2D eigenvalue weighted by molar-refractivity contribution is -0.261. The molecule has 238 valence electrons. The molecular weight excluding hydrogens is 520 g/mol. The minimum atomic E-state index is -0.211. The summed E-state index contributed by atoms with van der Waals surface area (Å²) in [6.07, 6.45) is 18.4. The summed E-state index contributed by atoms with van der Waals surface area (Å²) in [5.41, 5.74) is 0.679. The molecule has 0 saturated heterocycles. The highest BCUT2D eigenvalue weighted by atomic mass is 16.3. The molecule has 4 heteroatoms. The van der Waals surface area contributed by atoms with E-state index in [4.69, 9.17) is 0 Å². The van der Waals surface area contributed by atoms with E-state index in [0.717, 1.165) is 57.8 Å². The zero-order valence-corrected chi connectivity index (χ0v) is 27.2. The van der Waals surface area contributed by atoms with E-state index in [9.17, 15) is 20.4 Å². The van der Waals surface area contributed by atoms with Gasteiger partial charge in [0, 0.05) is 0 Å². The van der Waals surface area contributed by atoms with E-state index in [1.54, 1.807) is 0 Å². The Hall–Kier alpha value is -0.160. The van der Waals surface area contributed by atoms with E-state index in [0.29, 0.717) is 47.3 Å². The summed E-state index contributed by atoms with van der Waals surface area (Å²) in [5.74, 6) is 5.14. The fourth-order valence-corrected chi connectivity index (χ4v) is 16.1. The molecule has 0 aromatic carbocycles. The molecule has 4 N–H and O–H groups in total. The number of rotatable bonds is 1. The second-order valence-corrected chi connectivity index (χ2v) is 18.9. The smallest absolute Gasteiger partial charge is 0.0596 e. The Balaban J connectivity index is 1.21. The zero-order chi connectivity index (χ0) is 29.4. The Kier molecular flexibility index (Phi) is 6.58. The minimum Gasteiger partial charge on any atom is -0.393 e. The van der Waals surface area contributed by atoms with E-state index in [1.165, 1.54) is 51.4 Å². The third-order valence-corrected chi connectivity index (χ3v) is 18.3. The Morgan fingerprint density at radius 1 is 0.500 bits per heavy atom. The predicted octanol–water partition coefficient (Wildman–Crippen LogP) is 7.11. The molecule has 0 heterocycles. The van der Waals surface area contributed by atoms with Gasteiger partial charge in [0.15, 0.2) is 0 Å². The molecule has 7 unspecified atom stereocenters. The first-order chi connectivity index (χ1) is 19.9. The van der Waals surface area contributed by atoms with Crippen molar-refractivity contribution in [3.8, 4) is 0 Å². The van der Waals surface area contributed by atoms with E-state index in [1.807, 2.05) is 0 Å². The summed E-state index contributed by atoms with van der Waals surface area (Å²) < 4.78 is 0. The first-order valence-electron chi connectivity index (χ1n) is 18.6. The molecule has 0 aromatic heterocycles. The van der Waals surface area contributed by atoms with E-state index < -0.39 is 0 Å². The molecule has 8 saturated carbocycles. The summed E-state index contributed by atoms with van der Waals surface area (Å²) in [6, 6.07) is 0. The molecule has 42 heavy (non-hydrogen) atoms. The lowest BCUT2D eigenvalue weighted by Gasteiger charge is -2.73. The predicted molar refractivity (Wildman–Crippen MR) is 165 cm³/mol. The molecule has 0 aliphatic heterocycles. The maximum absolute atomic E-state index is 11.6. The van der Waals surface area contributed by atoms with Gasteiger partial charge in [0.2, 0.25) is 0 Å². The van der Waals surface area contributed by atoms with Crippen LogP contribution >= 0.6 is 0 Å². The van der Waals surface area contributed by atoms with Gasteiger partial charge >= 0.3 is 0 Å². The summed E-state index contributed by atoms with van der Waals surface area (Å²) >= 11 is 0.